The Labute approximate surface area is 116 Å². The van der Waals surface area contributed by atoms with Gasteiger partial charge in [0, 0.05) is 6.04 Å². The fraction of sp³-hybridized carbons (Fsp3) is 0.562. The summed E-state index contributed by atoms with van der Waals surface area (Å²) >= 11 is 0. The Morgan fingerprint density at radius 2 is 2.00 bits per heavy atom. The second-order valence-electron chi connectivity index (χ2n) is 5.82. The van der Waals surface area contributed by atoms with E-state index < -0.39 is 5.60 Å². The molecule has 106 valence electrons. The summed E-state index contributed by atoms with van der Waals surface area (Å²) in [6.45, 7) is 13.2. The molecule has 1 amide bonds. The normalized spacial score (nSPS) is 23.0. The second kappa shape index (κ2) is 6.60. The lowest BCUT2D eigenvalue weighted by Crippen LogP contribution is -2.49. The van der Waals surface area contributed by atoms with Crippen LogP contribution in [0, 0.1) is 0 Å². The van der Waals surface area contributed by atoms with Crippen LogP contribution in [0.1, 0.15) is 40.0 Å². The molecule has 0 radical (unpaired) electrons. The van der Waals surface area contributed by atoms with Gasteiger partial charge in [-0.15, -0.1) is 13.2 Å². The molecule has 0 aromatic rings. The minimum Gasteiger partial charge on any atom is -0.444 e. The maximum Gasteiger partial charge on any atom is 0.411 e. The summed E-state index contributed by atoms with van der Waals surface area (Å²) in [7, 11) is 0. The number of ether oxygens (including phenoxy) is 1. The van der Waals surface area contributed by atoms with Gasteiger partial charge in [-0.1, -0.05) is 24.3 Å². The molecule has 0 saturated carbocycles. The summed E-state index contributed by atoms with van der Waals surface area (Å²) in [5.41, 5.74) is -0.476. The molecule has 3 heteroatoms. The predicted molar refractivity (Wildman–Crippen MR) is 79.0 cm³/mol. The first-order valence-corrected chi connectivity index (χ1v) is 6.79. The summed E-state index contributed by atoms with van der Waals surface area (Å²) in [5.74, 6) is 0. The van der Waals surface area contributed by atoms with E-state index in [9.17, 15) is 4.79 Å². The first-order chi connectivity index (χ1) is 8.89. The Balaban J connectivity index is 2.91. The lowest BCUT2D eigenvalue weighted by Gasteiger charge is -2.39. The number of carbonyl (C=O) groups excluding carboxylic acids is 1. The van der Waals surface area contributed by atoms with Crippen LogP contribution in [0.5, 0.6) is 0 Å². The maximum absolute atomic E-state index is 12.4. The van der Waals surface area contributed by atoms with E-state index in [-0.39, 0.29) is 18.2 Å². The minimum atomic E-state index is -0.476. The Morgan fingerprint density at radius 1 is 1.37 bits per heavy atom. The summed E-state index contributed by atoms with van der Waals surface area (Å²) in [6, 6.07) is 0.161. The van der Waals surface area contributed by atoms with Crippen molar-refractivity contribution in [1.29, 1.82) is 0 Å². The molecule has 0 saturated heterocycles. The zero-order valence-electron chi connectivity index (χ0n) is 12.3. The number of amides is 1. The molecule has 0 unspecified atom stereocenters. The third kappa shape index (κ3) is 4.58. The van der Waals surface area contributed by atoms with Gasteiger partial charge in [-0.2, -0.15) is 0 Å². The van der Waals surface area contributed by atoms with Gasteiger partial charge in [0.1, 0.15) is 5.60 Å². The third-order valence-electron chi connectivity index (χ3n) is 2.97. The average Bonchev–Trinajstić information content (AvgIpc) is 2.27. The van der Waals surface area contributed by atoms with Crippen LogP contribution in [0.15, 0.2) is 37.5 Å². The van der Waals surface area contributed by atoms with E-state index in [1.54, 1.807) is 0 Å². The van der Waals surface area contributed by atoms with Crippen molar-refractivity contribution in [3.8, 4) is 0 Å². The molecular formula is C16H25NO2. The van der Waals surface area contributed by atoms with Crippen LogP contribution < -0.4 is 0 Å². The molecule has 0 spiro atoms. The van der Waals surface area contributed by atoms with Crippen molar-refractivity contribution < 1.29 is 9.53 Å². The van der Waals surface area contributed by atoms with Gasteiger partial charge >= 0.3 is 6.09 Å². The Hall–Kier alpha value is -1.51. The van der Waals surface area contributed by atoms with Crippen molar-refractivity contribution >= 4 is 6.09 Å². The van der Waals surface area contributed by atoms with E-state index in [1.165, 1.54) is 0 Å². The lowest BCUT2D eigenvalue weighted by atomic mass is 9.98. The van der Waals surface area contributed by atoms with Crippen molar-refractivity contribution in [3.63, 3.8) is 0 Å². The fourth-order valence-corrected chi connectivity index (χ4v) is 2.23. The van der Waals surface area contributed by atoms with Crippen molar-refractivity contribution in [2.24, 2.45) is 0 Å². The van der Waals surface area contributed by atoms with E-state index in [0.29, 0.717) is 0 Å². The minimum absolute atomic E-state index is 0.0334. The van der Waals surface area contributed by atoms with Gasteiger partial charge in [0.05, 0.1) is 6.04 Å². The first kappa shape index (κ1) is 15.5. The van der Waals surface area contributed by atoms with Gasteiger partial charge in [-0.25, -0.2) is 4.79 Å². The Bertz CT molecular complexity index is 365. The van der Waals surface area contributed by atoms with E-state index >= 15 is 0 Å². The SMILES string of the molecule is C=CC[C@@H]1CC=C[C@H](CC=C)N1C(=O)OC(C)(C)C. The van der Waals surface area contributed by atoms with E-state index in [2.05, 4.69) is 25.3 Å². The van der Waals surface area contributed by atoms with Crippen molar-refractivity contribution in [1.82, 2.24) is 4.90 Å². The van der Waals surface area contributed by atoms with Crippen LogP contribution in [0.2, 0.25) is 0 Å². The summed E-state index contributed by atoms with van der Waals surface area (Å²) in [4.78, 5) is 14.2. The zero-order valence-corrected chi connectivity index (χ0v) is 12.3. The highest BCUT2D eigenvalue weighted by atomic mass is 16.6. The topological polar surface area (TPSA) is 29.5 Å². The lowest BCUT2D eigenvalue weighted by molar-refractivity contribution is 0.00869. The highest BCUT2D eigenvalue weighted by molar-refractivity contribution is 5.69. The largest absolute Gasteiger partial charge is 0.444 e. The van der Waals surface area contributed by atoms with Crippen LogP contribution in [0.3, 0.4) is 0 Å². The fourth-order valence-electron chi connectivity index (χ4n) is 2.23. The standard InChI is InChI=1S/C16H25NO2/c1-6-9-13-11-8-12-14(10-7-2)17(13)15(18)19-16(3,4)5/h6-8,11,13-14H,1-2,9-10,12H2,3-5H3/t13-,14+/m0/s1. The second-order valence-corrected chi connectivity index (χ2v) is 5.82. The molecule has 0 aromatic carbocycles. The van der Waals surface area contributed by atoms with E-state index in [4.69, 9.17) is 4.74 Å². The molecule has 1 aliphatic rings. The van der Waals surface area contributed by atoms with Crippen LogP contribution in [0.25, 0.3) is 0 Å². The number of rotatable bonds is 4. The summed E-state index contributed by atoms with van der Waals surface area (Å²) in [5, 5.41) is 0. The van der Waals surface area contributed by atoms with E-state index in [0.717, 1.165) is 19.3 Å². The molecule has 0 bridgehead atoms. The number of carbonyl (C=O) groups is 1. The van der Waals surface area contributed by atoms with Gasteiger partial charge in [0.15, 0.2) is 0 Å². The quantitative estimate of drug-likeness (QED) is 0.715. The zero-order chi connectivity index (χ0) is 14.5. The summed E-state index contributed by atoms with van der Waals surface area (Å²) < 4.78 is 5.51. The van der Waals surface area contributed by atoms with Crippen molar-refractivity contribution in [2.75, 3.05) is 0 Å². The van der Waals surface area contributed by atoms with Gasteiger partial charge in [-0.3, -0.25) is 4.90 Å². The molecule has 1 heterocycles. The molecule has 0 aromatic heterocycles. The molecule has 0 fully saturated rings. The average molecular weight is 263 g/mol. The molecule has 1 aliphatic heterocycles. The van der Waals surface area contributed by atoms with Gasteiger partial charge in [0.25, 0.3) is 0 Å². The third-order valence-corrected chi connectivity index (χ3v) is 2.97. The van der Waals surface area contributed by atoms with Crippen LogP contribution >= 0.6 is 0 Å². The predicted octanol–water partition coefficient (Wildman–Crippen LogP) is 4.07. The van der Waals surface area contributed by atoms with Crippen LogP contribution in [-0.2, 0) is 4.74 Å². The first-order valence-electron chi connectivity index (χ1n) is 6.79. The van der Waals surface area contributed by atoms with Gasteiger partial charge < -0.3 is 4.74 Å². The van der Waals surface area contributed by atoms with Gasteiger partial charge in [-0.05, 0) is 40.0 Å². The molecule has 3 nitrogen and oxygen atoms in total. The molecule has 1 rings (SSSR count). The van der Waals surface area contributed by atoms with Gasteiger partial charge in [0.2, 0.25) is 0 Å². The molecular weight excluding hydrogens is 238 g/mol. The summed E-state index contributed by atoms with van der Waals surface area (Å²) in [6.07, 6.45) is 9.98. The Kier molecular flexibility index (Phi) is 5.40. The van der Waals surface area contributed by atoms with E-state index in [1.807, 2.05) is 37.8 Å². The molecule has 0 aliphatic carbocycles. The smallest absolute Gasteiger partial charge is 0.411 e. The van der Waals surface area contributed by atoms with Crippen LogP contribution in [-0.4, -0.2) is 28.7 Å². The highest BCUT2D eigenvalue weighted by Gasteiger charge is 2.33. The molecule has 2 atom stereocenters. The number of hydrogen-bond acceptors (Lipinski definition) is 2. The highest BCUT2D eigenvalue weighted by Crippen LogP contribution is 2.25. The van der Waals surface area contributed by atoms with Crippen LogP contribution in [0.4, 0.5) is 4.79 Å². The Morgan fingerprint density at radius 3 is 2.53 bits per heavy atom. The number of hydrogen-bond donors (Lipinski definition) is 0. The molecule has 19 heavy (non-hydrogen) atoms. The monoisotopic (exact) mass is 263 g/mol. The maximum atomic E-state index is 12.4. The molecule has 0 N–H and O–H groups in total. The van der Waals surface area contributed by atoms with Crippen molar-refractivity contribution in [2.45, 2.75) is 57.7 Å². The van der Waals surface area contributed by atoms with Crippen molar-refractivity contribution in [3.05, 3.63) is 37.5 Å². The number of nitrogens with zero attached hydrogens (tertiary/aromatic N) is 1.